The second kappa shape index (κ2) is 4.68. The Bertz CT molecular complexity index is 242. The van der Waals surface area contributed by atoms with Gasteiger partial charge in [0.25, 0.3) is 0 Å². The van der Waals surface area contributed by atoms with Crippen molar-refractivity contribution >= 4 is 11.8 Å². The monoisotopic (exact) mass is 194 g/mol. The van der Waals surface area contributed by atoms with Crippen molar-refractivity contribution in [1.29, 1.82) is 0 Å². The first kappa shape index (κ1) is 9.10. The van der Waals surface area contributed by atoms with Gasteiger partial charge in [-0.3, -0.25) is 0 Å². The minimum atomic E-state index is 0.722. The van der Waals surface area contributed by atoms with Crippen molar-refractivity contribution < 1.29 is 4.74 Å². The van der Waals surface area contributed by atoms with Gasteiger partial charge in [0.05, 0.1) is 6.61 Å². The average molecular weight is 194 g/mol. The van der Waals surface area contributed by atoms with Crippen LogP contribution in [0.3, 0.4) is 0 Å². The van der Waals surface area contributed by atoms with Gasteiger partial charge in [-0.1, -0.05) is 30.3 Å². The van der Waals surface area contributed by atoms with E-state index in [2.05, 4.69) is 30.3 Å². The molecule has 70 valence electrons. The molecule has 1 atom stereocenters. The number of benzene rings is 1. The molecule has 0 bridgehead atoms. The Hall–Kier alpha value is -0.470. The largest absolute Gasteiger partial charge is 0.380 e. The van der Waals surface area contributed by atoms with Crippen molar-refractivity contribution in [1.82, 2.24) is 0 Å². The molecular formula is C11H14OS. The van der Waals surface area contributed by atoms with Crippen LogP contribution in [-0.2, 0) is 10.5 Å². The zero-order valence-corrected chi connectivity index (χ0v) is 8.43. The first-order valence-corrected chi connectivity index (χ1v) is 5.73. The molecule has 0 aliphatic carbocycles. The van der Waals surface area contributed by atoms with E-state index in [9.17, 15) is 0 Å². The second-order valence-electron chi connectivity index (χ2n) is 3.28. The van der Waals surface area contributed by atoms with E-state index in [1.807, 2.05) is 11.8 Å². The fourth-order valence-corrected chi connectivity index (χ4v) is 2.51. The van der Waals surface area contributed by atoms with Crippen LogP contribution in [0.25, 0.3) is 0 Å². The highest BCUT2D eigenvalue weighted by molar-refractivity contribution is 7.99. The Balaban J connectivity index is 1.79. The van der Waals surface area contributed by atoms with Crippen LogP contribution < -0.4 is 0 Å². The summed E-state index contributed by atoms with van der Waals surface area (Å²) in [5, 5.41) is 0.722. The lowest BCUT2D eigenvalue weighted by Crippen LogP contribution is -2.00. The molecule has 0 amide bonds. The van der Waals surface area contributed by atoms with Gasteiger partial charge in [-0.25, -0.2) is 0 Å². The van der Waals surface area contributed by atoms with E-state index in [0.29, 0.717) is 0 Å². The molecule has 0 aromatic heterocycles. The van der Waals surface area contributed by atoms with Crippen LogP contribution in [0.2, 0.25) is 0 Å². The highest BCUT2D eigenvalue weighted by Gasteiger charge is 2.15. The number of hydrogen-bond donors (Lipinski definition) is 0. The van der Waals surface area contributed by atoms with E-state index in [0.717, 1.165) is 24.2 Å². The molecule has 0 spiro atoms. The lowest BCUT2D eigenvalue weighted by Gasteiger charge is -2.06. The van der Waals surface area contributed by atoms with Gasteiger partial charge < -0.3 is 4.74 Å². The Labute approximate surface area is 83.5 Å². The molecule has 2 heteroatoms. The number of ether oxygens (including phenoxy) is 1. The standard InChI is InChI=1S/C11H14OS/c1-2-4-10(5-3-1)9-13-11-6-7-12-8-11/h1-5,11H,6-9H2. The summed E-state index contributed by atoms with van der Waals surface area (Å²) in [6.45, 7) is 1.89. The Morgan fingerprint density at radius 2 is 2.15 bits per heavy atom. The van der Waals surface area contributed by atoms with E-state index < -0.39 is 0 Å². The molecule has 1 aliphatic rings. The maximum atomic E-state index is 5.32. The van der Waals surface area contributed by atoms with Crippen LogP contribution in [0.15, 0.2) is 30.3 Å². The van der Waals surface area contributed by atoms with Gasteiger partial charge in [0.2, 0.25) is 0 Å². The van der Waals surface area contributed by atoms with Crippen LogP contribution in [0.5, 0.6) is 0 Å². The van der Waals surface area contributed by atoms with E-state index in [1.165, 1.54) is 12.0 Å². The minimum Gasteiger partial charge on any atom is -0.380 e. The molecule has 1 nitrogen and oxygen atoms in total. The van der Waals surface area contributed by atoms with Crippen molar-refractivity contribution in [2.45, 2.75) is 17.4 Å². The third kappa shape index (κ3) is 2.75. The van der Waals surface area contributed by atoms with Crippen LogP contribution in [-0.4, -0.2) is 18.5 Å². The average Bonchev–Trinajstić information content (AvgIpc) is 2.69. The predicted molar refractivity (Wildman–Crippen MR) is 57.0 cm³/mol. The van der Waals surface area contributed by atoms with Gasteiger partial charge in [0.1, 0.15) is 0 Å². The molecule has 1 unspecified atom stereocenters. The van der Waals surface area contributed by atoms with E-state index >= 15 is 0 Å². The molecule has 2 rings (SSSR count). The molecule has 1 aromatic carbocycles. The summed E-state index contributed by atoms with van der Waals surface area (Å²) in [7, 11) is 0. The van der Waals surface area contributed by atoms with Crippen LogP contribution in [0, 0.1) is 0 Å². The van der Waals surface area contributed by atoms with Crippen molar-refractivity contribution in [2.75, 3.05) is 13.2 Å². The Morgan fingerprint density at radius 1 is 1.31 bits per heavy atom. The highest BCUT2D eigenvalue weighted by atomic mass is 32.2. The summed E-state index contributed by atoms with van der Waals surface area (Å²) in [6, 6.07) is 10.6. The minimum absolute atomic E-state index is 0.722. The van der Waals surface area contributed by atoms with Crippen molar-refractivity contribution in [3.8, 4) is 0 Å². The lowest BCUT2D eigenvalue weighted by atomic mass is 10.2. The number of thioether (sulfide) groups is 1. The zero-order valence-electron chi connectivity index (χ0n) is 7.61. The Kier molecular flexibility index (Phi) is 3.27. The molecule has 1 aliphatic heterocycles. The zero-order chi connectivity index (χ0) is 8.93. The van der Waals surface area contributed by atoms with Crippen molar-refractivity contribution in [2.24, 2.45) is 0 Å². The van der Waals surface area contributed by atoms with E-state index in [-0.39, 0.29) is 0 Å². The molecule has 0 saturated carbocycles. The van der Waals surface area contributed by atoms with E-state index in [4.69, 9.17) is 4.74 Å². The number of hydrogen-bond acceptors (Lipinski definition) is 2. The van der Waals surface area contributed by atoms with Crippen molar-refractivity contribution in [3.05, 3.63) is 35.9 Å². The van der Waals surface area contributed by atoms with Gasteiger partial charge in [-0.2, -0.15) is 11.8 Å². The first-order chi connectivity index (χ1) is 6.45. The molecule has 1 fully saturated rings. The third-order valence-electron chi connectivity index (χ3n) is 2.22. The van der Waals surface area contributed by atoms with Crippen LogP contribution in [0.1, 0.15) is 12.0 Å². The molecule has 1 aromatic rings. The van der Waals surface area contributed by atoms with Gasteiger partial charge in [-0.15, -0.1) is 0 Å². The van der Waals surface area contributed by atoms with Gasteiger partial charge in [0, 0.05) is 17.6 Å². The molecule has 1 heterocycles. The Morgan fingerprint density at radius 3 is 2.85 bits per heavy atom. The number of rotatable bonds is 3. The molecule has 0 radical (unpaired) electrons. The topological polar surface area (TPSA) is 9.23 Å². The second-order valence-corrected chi connectivity index (χ2v) is 4.57. The summed E-state index contributed by atoms with van der Waals surface area (Å²) in [5.41, 5.74) is 1.42. The van der Waals surface area contributed by atoms with E-state index in [1.54, 1.807) is 0 Å². The van der Waals surface area contributed by atoms with Gasteiger partial charge in [0.15, 0.2) is 0 Å². The van der Waals surface area contributed by atoms with Gasteiger partial charge in [-0.05, 0) is 12.0 Å². The quantitative estimate of drug-likeness (QED) is 0.731. The fraction of sp³-hybridized carbons (Fsp3) is 0.455. The first-order valence-electron chi connectivity index (χ1n) is 4.68. The van der Waals surface area contributed by atoms with Crippen LogP contribution in [0.4, 0.5) is 0 Å². The summed E-state index contributed by atoms with van der Waals surface area (Å²) < 4.78 is 5.32. The lowest BCUT2D eigenvalue weighted by molar-refractivity contribution is 0.199. The third-order valence-corrected chi connectivity index (χ3v) is 3.56. The summed E-state index contributed by atoms with van der Waals surface area (Å²) in [6.07, 6.45) is 1.22. The normalized spacial score (nSPS) is 22.0. The molecular weight excluding hydrogens is 180 g/mol. The predicted octanol–water partition coefficient (Wildman–Crippen LogP) is 2.71. The molecule has 0 N–H and O–H groups in total. The molecule has 1 saturated heterocycles. The van der Waals surface area contributed by atoms with Crippen molar-refractivity contribution in [3.63, 3.8) is 0 Å². The maximum absolute atomic E-state index is 5.32. The smallest absolute Gasteiger partial charge is 0.0585 e. The summed E-state index contributed by atoms with van der Waals surface area (Å²) >= 11 is 2.01. The summed E-state index contributed by atoms with van der Waals surface area (Å²) in [5.74, 6) is 1.12. The highest BCUT2D eigenvalue weighted by Crippen LogP contribution is 2.23. The van der Waals surface area contributed by atoms with Crippen LogP contribution >= 0.6 is 11.8 Å². The van der Waals surface area contributed by atoms with Gasteiger partial charge >= 0.3 is 0 Å². The SMILES string of the molecule is c1ccc(CSC2CCOC2)cc1. The maximum Gasteiger partial charge on any atom is 0.0585 e. The summed E-state index contributed by atoms with van der Waals surface area (Å²) in [4.78, 5) is 0. The fourth-order valence-electron chi connectivity index (χ4n) is 1.43. The molecule has 13 heavy (non-hydrogen) atoms.